The number of benzene rings is 2. The van der Waals surface area contributed by atoms with E-state index >= 15 is 0 Å². The van der Waals surface area contributed by atoms with Gasteiger partial charge in [-0.3, -0.25) is 9.59 Å². The highest BCUT2D eigenvalue weighted by Gasteiger charge is 2.46. The molecule has 35 heavy (non-hydrogen) atoms. The number of para-hydroxylation sites is 1. The van der Waals surface area contributed by atoms with Gasteiger partial charge in [0.15, 0.2) is 22.9 Å². The molecule has 0 saturated carbocycles. The quantitative estimate of drug-likeness (QED) is 0.340. The molecular formula is C26H20ClNO7. The molecule has 0 spiro atoms. The minimum absolute atomic E-state index is 0.0267. The Balaban J connectivity index is 1.64. The Labute approximate surface area is 204 Å². The number of ketones is 1. The number of ether oxygens (including phenoxy) is 2. The lowest BCUT2D eigenvalue weighted by Gasteiger charge is -2.27. The number of aliphatic hydroxyl groups excluding tert-OH is 1. The van der Waals surface area contributed by atoms with Crippen molar-refractivity contribution in [3.05, 3.63) is 94.3 Å². The van der Waals surface area contributed by atoms with Gasteiger partial charge < -0.3 is 28.3 Å². The second kappa shape index (κ2) is 8.88. The summed E-state index contributed by atoms with van der Waals surface area (Å²) in [6.45, 7) is 0.0267. The van der Waals surface area contributed by atoms with Crippen molar-refractivity contribution < 1.29 is 33.0 Å². The first kappa shape index (κ1) is 22.6. The summed E-state index contributed by atoms with van der Waals surface area (Å²) in [6.07, 6.45) is 1.49. The number of nitrogens with zero attached hydrogens (tertiary/aromatic N) is 1. The molecule has 2 aromatic heterocycles. The zero-order chi connectivity index (χ0) is 24.7. The Morgan fingerprint density at radius 1 is 1.09 bits per heavy atom. The fourth-order valence-corrected chi connectivity index (χ4v) is 4.53. The molecule has 1 amide bonds. The Bertz CT molecular complexity index is 1470. The van der Waals surface area contributed by atoms with Crippen LogP contribution in [-0.4, -0.2) is 35.9 Å². The minimum atomic E-state index is -0.949. The van der Waals surface area contributed by atoms with Gasteiger partial charge in [0.25, 0.3) is 5.91 Å². The molecule has 1 N–H and O–H groups in total. The summed E-state index contributed by atoms with van der Waals surface area (Å²) in [5, 5.41) is 11.9. The number of amides is 1. The smallest absolute Gasteiger partial charge is 0.290 e. The van der Waals surface area contributed by atoms with Gasteiger partial charge in [0.05, 0.1) is 38.6 Å². The maximum Gasteiger partial charge on any atom is 0.290 e. The van der Waals surface area contributed by atoms with Crippen LogP contribution in [0.5, 0.6) is 11.5 Å². The summed E-state index contributed by atoms with van der Waals surface area (Å²) in [5.41, 5.74) is 0.722. The molecule has 0 saturated heterocycles. The van der Waals surface area contributed by atoms with E-state index in [-0.39, 0.29) is 17.9 Å². The van der Waals surface area contributed by atoms with Crippen LogP contribution in [0.3, 0.4) is 0 Å². The predicted octanol–water partition coefficient (Wildman–Crippen LogP) is 5.47. The van der Waals surface area contributed by atoms with Crippen LogP contribution in [0.4, 0.5) is 0 Å². The number of hydrogen-bond donors (Lipinski definition) is 1. The first-order chi connectivity index (χ1) is 16.9. The highest BCUT2D eigenvalue weighted by Crippen LogP contribution is 2.44. The van der Waals surface area contributed by atoms with Crippen LogP contribution in [0.25, 0.3) is 11.0 Å². The number of hydrogen-bond acceptors (Lipinski definition) is 7. The average Bonchev–Trinajstić information content (AvgIpc) is 3.58. The van der Waals surface area contributed by atoms with Gasteiger partial charge in [0.1, 0.15) is 11.5 Å². The van der Waals surface area contributed by atoms with E-state index < -0.39 is 23.5 Å². The van der Waals surface area contributed by atoms with Crippen LogP contribution in [0, 0.1) is 0 Å². The zero-order valence-corrected chi connectivity index (χ0v) is 19.5. The summed E-state index contributed by atoms with van der Waals surface area (Å²) in [7, 11) is 2.95. The zero-order valence-electron chi connectivity index (χ0n) is 18.8. The topological polar surface area (TPSA) is 102 Å². The van der Waals surface area contributed by atoms with E-state index in [0.717, 1.165) is 0 Å². The van der Waals surface area contributed by atoms with Crippen molar-refractivity contribution in [2.75, 3.05) is 14.2 Å². The molecule has 3 heterocycles. The second-order valence-corrected chi connectivity index (χ2v) is 8.32. The number of halogens is 1. The van der Waals surface area contributed by atoms with Crippen molar-refractivity contribution in [3.63, 3.8) is 0 Å². The molecule has 0 aliphatic carbocycles. The third-order valence-electron chi connectivity index (χ3n) is 5.88. The number of fused-ring (bicyclic) bond motifs is 1. The molecule has 5 rings (SSSR count). The van der Waals surface area contributed by atoms with E-state index in [1.807, 2.05) is 0 Å². The molecule has 0 fully saturated rings. The SMILES string of the molecule is COc1ccccc1C1C(C(=O)c2cc3cc(Cl)cc(OC)c3o2)=C(O)C(=O)N1Cc1ccco1. The number of methoxy groups -OCH3 is 2. The number of aliphatic hydroxyl groups is 1. The van der Waals surface area contributed by atoms with Crippen molar-refractivity contribution in [2.45, 2.75) is 12.6 Å². The van der Waals surface area contributed by atoms with Crippen LogP contribution in [0.15, 0.2) is 81.0 Å². The van der Waals surface area contributed by atoms with E-state index in [2.05, 4.69) is 0 Å². The predicted molar refractivity (Wildman–Crippen MR) is 127 cm³/mol. The Morgan fingerprint density at radius 2 is 1.86 bits per heavy atom. The monoisotopic (exact) mass is 493 g/mol. The highest BCUT2D eigenvalue weighted by atomic mass is 35.5. The maximum absolute atomic E-state index is 13.8. The fourth-order valence-electron chi connectivity index (χ4n) is 4.32. The van der Waals surface area contributed by atoms with Crippen LogP contribution in [0.2, 0.25) is 5.02 Å². The standard InChI is InChI=1S/C26H20ClNO7/c1-32-18-8-4-3-7-17(18)22-21(24(30)26(31)28(22)13-16-6-5-9-34-16)23(29)19-11-14-10-15(27)12-20(33-2)25(14)35-19/h3-12,22,30H,13H2,1-2H3. The molecule has 1 atom stereocenters. The minimum Gasteiger partial charge on any atom is -0.503 e. The van der Waals surface area contributed by atoms with Crippen molar-refractivity contribution in [3.8, 4) is 11.5 Å². The van der Waals surface area contributed by atoms with Crippen molar-refractivity contribution in [1.82, 2.24) is 4.90 Å². The Hall–Kier alpha value is -4.17. The third-order valence-corrected chi connectivity index (χ3v) is 6.10. The largest absolute Gasteiger partial charge is 0.503 e. The van der Waals surface area contributed by atoms with Crippen molar-refractivity contribution in [1.29, 1.82) is 0 Å². The highest BCUT2D eigenvalue weighted by molar-refractivity contribution is 6.31. The first-order valence-electron chi connectivity index (χ1n) is 10.6. The molecule has 2 aromatic carbocycles. The Kier molecular flexibility index (Phi) is 5.74. The molecule has 0 radical (unpaired) electrons. The van der Waals surface area contributed by atoms with E-state index in [4.69, 9.17) is 29.9 Å². The molecule has 1 unspecified atom stereocenters. The van der Waals surface area contributed by atoms with Crippen LogP contribution in [-0.2, 0) is 11.3 Å². The maximum atomic E-state index is 13.8. The summed E-state index contributed by atoms with van der Waals surface area (Å²) < 4.78 is 22.1. The summed E-state index contributed by atoms with van der Waals surface area (Å²) in [5.74, 6) is -0.804. The molecule has 8 nitrogen and oxygen atoms in total. The van der Waals surface area contributed by atoms with Crippen LogP contribution >= 0.6 is 11.6 Å². The summed E-state index contributed by atoms with van der Waals surface area (Å²) in [6, 6.07) is 14.2. The van der Waals surface area contributed by atoms with Gasteiger partial charge in [-0.1, -0.05) is 29.8 Å². The number of furan rings is 2. The van der Waals surface area contributed by atoms with E-state index in [9.17, 15) is 14.7 Å². The molecule has 1 aliphatic heterocycles. The van der Waals surface area contributed by atoms with Crippen LogP contribution in [0.1, 0.15) is 27.9 Å². The van der Waals surface area contributed by atoms with Crippen molar-refractivity contribution in [2.24, 2.45) is 0 Å². The van der Waals surface area contributed by atoms with Gasteiger partial charge in [-0.2, -0.15) is 0 Å². The lowest BCUT2D eigenvalue weighted by atomic mass is 9.94. The van der Waals surface area contributed by atoms with Gasteiger partial charge >= 0.3 is 0 Å². The second-order valence-electron chi connectivity index (χ2n) is 7.89. The van der Waals surface area contributed by atoms with Crippen molar-refractivity contribution >= 4 is 34.3 Å². The van der Waals surface area contributed by atoms with Gasteiger partial charge in [-0.15, -0.1) is 0 Å². The molecular weight excluding hydrogens is 474 g/mol. The average molecular weight is 494 g/mol. The van der Waals surface area contributed by atoms with E-state index in [1.54, 1.807) is 48.5 Å². The van der Waals surface area contributed by atoms with E-state index in [1.165, 1.54) is 31.4 Å². The molecule has 0 bridgehead atoms. The van der Waals surface area contributed by atoms with Gasteiger partial charge in [-0.05, 0) is 30.3 Å². The number of rotatable bonds is 7. The lowest BCUT2D eigenvalue weighted by Crippen LogP contribution is -2.30. The van der Waals surface area contributed by atoms with Gasteiger partial charge in [0, 0.05) is 22.0 Å². The molecule has 1 aliphatic rings. The summed E-state index contributed by atoms with van der Waals surface area (Å²) >= 11 is 6.15. The number of carbonyl (C=O) groups is 2. The van der Waals surface area contributed by atoms with Gasteiger partial charge in [-0.25, -0.2) is 0 Å². The first-order valence-corrected chi connectivity index (χ1v) is 11.0. The molecule has 4 aromatic rings. The lowest BCUT2D eigenvalue weighted by molar-refractivity contribution is -0.130. The summed E-state index contributed by atoms with van der Waals surface area (Å²) in [4.78, 5) is 28.3. The normalized spacial score (nSPS) is 15.8. The molecule has 9 heteroatoms. The third kappa shape index (κ3) is 3.81. The number of carbonyl (C=O) groups excluding carboxylic acids is 2. The Morgan fingerprint density at radius 3 is 2.57 bits per heavy atom. The van der Waals surface area contributed by atoms with Crippen LogP contribution < -0.4 is 9.47 Å². The van der Waals surface area contributed by atoms with E-state index in [0.29, 0.717) is 38.8 Å². The van der Waals surface area contributed by atoms with Gasteiger partial charge in [0.2, 0.25) is 5.78 Å². The molecule has 178 valence electrons. The number of Topliss-reactive ketones (excluding diaryl/α,β-unsaturated/α-hetero) is 1. The fraction of sp³-hybridized carbons (Fsp3) is 0.154.